The number of carbonyl (C=O) groups is 1. The van der Waals surface area contributed by atoms with Crippen molar-refractivity contribution in [3.8, 4) is 5.75 Å². The molecule has 0 spiro atoms. The molecule has 2 rings (SSSR count). The maximum absolute atomic E-state index is 12.0. The number of H-pyrrole nitrogens is 1. The lowest BCUT2D eigenvalue weighted by Crippen LogP contribution is -2.35. The summed E-state index contributed by atoms with van der Waals surface area (Å²) in [6.45, 7) is 4.74. The van der Waals surface area contributed by atoms with Gasteiger partial charge in [0.05, 0.1) is 6.42 Å². The predicted octanol–water partition coefficient (Wildman–Crippen LogP) is 1.54. The molecule has 24 heavy (non-hydrogen) atoms. The molecule has 1 heterocycles. The summed E-state index contributed by atoms with van der Waals surface area (Å²) in [5.74, 6) is 0.714. The number of aliphatic hydroxyl groups excluding tert-OH is 1. The van der Waals surface area contributed by atoms with Gasteiger partial charge in [0.25, 0.3) is 0 Å². The van der Waals surface area contributed by atoms with Crippen molar-refractivity contribution in [3.63, 3.8) is 0 Å². The molecule has 1 unspecified atom stereocenters. The van der Waals surface area contributed by atoms with E-state index in [1.807, 2.05) is 38.2 Å². The second-order valence-corrected chi connectivity index (χ2v) is 6.49. The number of aliphatic hydroxyl groups is 1. The van der Waals surface area contributed by atoms with Crippen LogP contribution in [0.25, 0.3) is 10.9 Å². The van der Waals surface area contributed by atoms with E-state index in [2.05, 4.69) is 10.3 Å². The molecule has 1 aromatic heterocycles. The van der Waals surface area contributed by atoms with Crippen molar-refractivity contribution < 1.29 is 14.6 Å². The van der Waals surface area contributed by atoms with Crippen molar-refractivity contribution in [2.24, 2.45) is 0 Å². The Labute approximate surface area is 142 Å². The maximum atomic E-state index is 12.0. The van der Waals surface area contributed by atoms with E-state index in [-0.39, 0.29) is 12.5 Å². The molecule has 0 saturated heterocycles. The number of hydrogen-bond acceptors (Lipinski definition) is 4. The molecule has 2 aromatic rings. The highest BCUT2D eigenvalue weighted by atomic mass is 16.5. The number of rotatable bonds is 8. The SMILES string of the molecule is CC(C)NCC(O)COc1cccc2[nH]cc(CC(=O)N(C)C)c12. The molecule has 0 aliphatic rings. The van der Waals surface area contributed by atoms with Crippen molar-refractivity contribution in [2.75, 3.05) is 27.2 Å². The van der Waals surface area contributed by atoms with E-state index in [0.29, 0.717) is 24.8 Å². The van der Waals surface area contributed by atoms with Gasteiger partial charge in [-0.05, 0) is 17.7 Å². The van der Waals surface area contributed by atoms with Crippen molar-refractivity contribution in [2.45, 2.75) is 32.4 Å². The monoisotopic (exact) mass is 333 g/mol. The molecular formula is C18H27N3O3. The molecular weight excluding hydrogens is 306 g/mol. The van der Waals surface area contributed by atoms with Crippen LogP contribution in [0.15, 0.2) is 24.4 Å². The van der Waals surface area contributed by atoms with Crippen LogP contribution in [0.1, 0.15) is 19.4 Å². The van der Waals surface area contributed by atoms with Crippen LogP contribution >= 0.6 is 0 Å². The zero-order valence-electron chi connectivity index (χ0n) is 14.8. The summed E-state index contributed by atoms with van der Waals surface area (Å²) in [5, 5.41) is 14.1. The van der Waals surface area contributed by atoms with Crippen LogP contribution in [-0.2, 0) is 11.2 Å². The number of benzene rings is 1. The highest BCUT2D eigenvalue weighted by molar-refractivity contribution is 5.93. The van der Waals surface area contributed by atoms with E-state index < -0.39 is 6.10 Å². The first kappa shape index (κ1) is 18.3. The fourth-order valence-electron chi connectivity index (χ4n) is 2.42. The van der Waals surface area contributed by atoms with Gasteiger partial charge in [-0.25, -0.2) is 0 Å². The number of aromatic nitrogens is 1. The smallest absolute Gasteiger partial charge is 0.226 e. The normalized spacial score (nSPS) is 12.6. The fraction of sp³-hybridized carbons (Fsp3) is 0.500. The molecule has 3 N–H and O–H groups in total. The first-order valence-electron chi connectivity index (χ1n) is 8.22. The Balaban J connectivity index is 2.12. The van der Waals surface area contributed by atoms with Gasteiger partial charge in [-0.15, -0.1) is 0 Å². The number of aromatic amines is 1. The van der Waals surface area contributed by atoms with Gasteiger partial charge in [0, 0.05) is 43.8 Å². The second kappa shape index (κ2) is 8.17. The quantitative estimate of drug-likeness (QED) is 0.685. The van der Waals surface area contributed by atoms with Crippen LogP contribution < -0.4 is 10.1 Å². The maximum Gasteiger partial charge on any atom is 0.226 e. The Kier molecular flexibility index (Phi) is 6.23. The third kappa shape index (κ3) is 4.72. The highest BCUT2D eigenvalue weighted by Gasteiger charge is 2.15. The number of hydrogen-bond donors (Lipinski definition) is 3. The third-order valence-corrected chi connectivity index (χ3v) is 3.78. The minimum atomic E-state index is -0.589. The Bertz CT molecular complexity index is 679. The number of carbonyl (C=O) groups excluding carboxylic acids is 1. The second-order valence-electron chi connectivity index (χ2n) is 6.49. The number of nitrogens with one attached hydrogen (secondary N) is 2. The molecule has 0 radical (unpaired) electrons. The molecule has 6 heteroatoms. The van der Waals surface area contributed by atoms with E-state index in [9.17, 15) is 9.90 Å². The molecule has 0 aliphatic heterocycles. The van der Waals surface area contributed by atoms with Crippen molar-refractivity contribution in [1.82, 2.24) is 15.2 Å². The molecule has 1 atom stereocenters. The van der Waals surface area contributed by atoms with Crippen LogP contribution in [0.2, 0.25) is 0 Å². The van der Waals surface area contributed by atoms with Crippen molar-refractivity contribution in [3.05, 3.63) is 30.0 Å². The van der Waals surface area contributed by atoms with Gasteiger partial charge >= 0.3 is 0 Å². The highest BCUT2D eigenvalue weighted by Crippen LogP contribution is 2.29. The van der Waals surface area contributed by atoms with Crippen LogP contribution in [0, 0.1) is 0 Å². The lowest BCUT2D eigenvalue weighted by Gasteiger charge is -2.16. The first-order chi connectivity index (χ1) is 11.4. The van der Waals surface area contributed by atoms with Gasteiger partial charge in [-0.2, -0.15) is 0 Å². The van der Waals surface area contributed by atoms with E-state index in [1.54, 1.807) is 19.0 Å². The number of fused-ring (bicyclic) bond motifs is 1. The lowest BCUT2D eigenvalue weighted by atomic mass is 10.1. The average molecular weight is 333 g/mol. The molecule has 1 amide bonds. The third-order valence-electron chi connectivity index (χ3n) is 3.78. The minimum absolute atomic E-state index is 0.0341. The van der Waals surface area contributed by atoms with Gasteiger partial charge in [0.1, 0.15) is 18.5 Å². The molecule has 6 nitrogen and oxygen atoms in total. The average Bonchev–Trinajstić information content (AvgIpc) is 2.94. The summed E-state index contributed by atoms with van der Waals surface area (Å²) in [7, 11) is 3.49. The summed E-state index contributed by atoms with van der Waals surface area (Å²) in [5.41, 5.74) is 1.82. The number of likely N-dealkylation sites (N-methyl/N-ethyl adjacent to an activating group) is 1. The van der Waals surface area contributed by atoms with Gasteiger partial charge in [0.15, 0.2) is 0 Å². The van der Waals surface area contributed by atoms with Gasteiger partial charge in [-0.1, -0.05) is 19.9 Å². The van der Waals surface area contributed by atoms with Crippen LogP contribution in [0.5, 0.6) is 5.75 Å². The minimum Gasteiger partial charge on any atom is -0.490 e. The zero-order chi connectivity index (χ0) is 17.7. The fourth-order valence-corrected chi connectivity index (χ4v) is 2.42. The summed E-state index contributed by atoms with van der Waals surface area (Å²) in [6, 6.07) is 6.02. The predicted molar refractivity (Wildman–Crippen MR) is 95.3 cm³/mol. The Hall–Kier alpha value is -2.05. The Morgan fingerprint density at radius 1 is 1.38 bits per heavy atom. The molecule has 0 bridgehead atoms. The summed E-state index contributed by atoms with van der Waals surface area (Å²) in [4.78, 5) is 16.8. The molecule has 0 fully saturated rings. The van der Waals surface area contributed by atoms with E-state index in [1.165, 1.54) is 0 Å². The Morgan fingerprint density at radius 2 is 2.12 bits per heavy atom. The summed E-state index contributed by atoms with van der Waals surface area (Å²) in [6.07, 6.45) is 1.56. The van der Waals surface area contributed by atoms with Gasteiger partial charge in [0.2, 0.25) is 5.91 Å². The topological polar surface area (TPSA) is 77.6 Å². The van der Waals surface area contributed by atoms with Crippen molar-refractivity contribution in [1.29, 1.82) is 0 Å². The van der Waals surface area contributed by atoms with Gasteiger partial charge < -0.3 is 25.0 Å². The zero-order valence-corrected chi connectivity index (χ0v) is 14.8. The summed E-state index contributed by atoms with van der Waals surface area (Å²) < 4.78 is 5.82. The van der Waals surface area contributed by atoms with Gasteiger partial charge in [-0.3, -0.25) is 4.79 Å². The number of ether oxygens (including phenoxy) is 1. The number of nitrogens with zero attached hydrogens (tertiary/aromatic N) is 1. The lowest BCUT2D eigenvalue weighted by molar-refractivity contribution is -0.127. The molecule has 132 valence electrons. The molecule has 0 aliphatic carbocycles. The molecule has 0 saturated carbocycles. The van der Waals surface area contributed by atoms with Crippen LogP contribution in [-0.4, -0.2) is 60.3 Å². The number of amides is 1. The first-order valence-corrected chi connectivity index (χ1v) is 8.22. The largest absolute Gasteiger partial charge is 0.490 e. The van der Waals surface area contributed by atoms with E-state index in [4.69, 9.17) is 4.74 Å². The summed E-state index contributed by atoms with van der Waals surface area (Å²) >= 11 is 0. The van der Waals surface area contributed by atoms with Crippen LogP contribution in [0.4, 0.5) is 0 Å². The van der Waals surface area contributed by atoms with E-state index in [0.717, 1.165) is 16.5 Å². The standard InChI is InChI=1S/C18H27N3O3/c1-12(2)19-10-14(22)11-24-16-7-5-6-15-18(16)13(9-20-15)8-17(23)21(3)4/h5-7,9,12,14,19-20,22H,8,10-11H2,1-4H3. The molecule has 1 aromatic carbocycles. The van der Waals surface area contributed by atoms with Crippen molar-refractivity contribution >= 4 is 16.8 Å². The Morgan fingerprint density at radius 3 is 2.79 bits per heavy atom. The van der Waals surface area contributed by atoms with Crippen LogP contribution in [0.3, 0.4) is 0 Å². The van der Waals surface area contributed by atoms with E-state index >= 15 is 0 Å².